The van der Waals surface area contributed by atoms with Crippen molar-refractivity contribution in [1.29, 1.82) is 5.26 Å². The van der Waals surface area contributed by atoms with E-state index >= 15 is 0 Å². The molecule has 8 nitrogen and oxygen atoms in total. The lowest BCUT2D eigenvalue weighted by atomic mass is 9.82. The van der Waals surface area contributed by atoms with E-state index in [1.54, 1.807) is 36.4 Å². The SMILES string of the molecule is COc1ccc(C2C(C#N)=C(N)Oc3c2c(=O)oc2ccc(N)cc32)cc1-c1cnc(Cl)cc1Cl. The zero-order valence-corrected chi connectivity index (χ0v) is 19.6. The number of nitriles is 1. The molecule has 0 saturated carbocycles. The molecule has 1 unspecified atom stereocenters. The molecule has 0 bridgehead atoms. The number of ether oxygens (including phenoxy) is 2. The Morgan fingerprint density at radius 3 is 2.63 bits per heavy atom. The quantitative estimate of drug-likeness (QED) is 0.225. The van der Waals surface area contributed by atoms with Crippen LogP contribution in [0.25, 0.3) is 22.1 Å². The summed E-state index contributed by atoms with van der Waals surface area (Å²) in [5.41, 5.74) is 14.1. The van der Waals surface area contributed by atoms with E-state index in [-0.39, 0.29) is 33.5 Å². The largest absolute Gasteiger partial charge is 0.496 e. The van der Waals surface area contributed by atoms with Gasteiger partial charge in [0.1, 0.15) is 28.1 Å². The smallest absolute Gasteiger partial charge is 0.344 e. The Hall–Kier alpha value is -4.19. The van der Waals surface area contributed by atoms with Gasteiger partial charge < -0.3 is 25.4 Å². The summed E-state index contributed by atoms with van der Waals surface area (Å²) in [4.78, 5) is 17.3. The first kappa shape index (κ1) is 22.6. The maximum Gasteiger partial charge on any atom is 0.344 e. The lowest BCUT2D eigenvalue weighted by molar-refractivity contribution is 0.388. The maximum atomic E-state index is 13.2. The Morgan fingerprint density at radius 2 is 1.91 bits per heavy atom. The number of allylic oxidation sites excluding steroid dienone is 1. The van der Waals surface area contributed by atoms with Crippen LogP contribution in [-0.4, -0.2) is 12.1 Å². The van der Waals surface area contributed by atoms with E-state index < -0.39 is 11.5 Å². The zero-order chi connectivity index (χ0) is 24.9. The summed E-state index contributed by atoms with van der Waals surface area (Å²) >= 11 is 12.4. The minimum Gasteiger partial charge on any atom is -0.496 e. The average molecular weight is 507 g/mol. The summed E-state index contributed by atoms with van der Waals surface area (Å²) in [6.45, 7) is 0. The minimum atomic E-state index is -0.880. The molecule has 1 atom stereocenters. The van der Waals surface area contributed by atoms with Crippen LogP contribution in [0, 0.1) is 11.3 Å². The number of fused-ring (bicyclic) bond motifs is 3. The number of pyridine rings is 1. The Bertz CT molecular complexity index is 1660. The first-order valence-corrected chi connectivity index (χ1v) is 11.0. The molecule has 2 aromatic heterocycles. The molecule has 4 N–H and O–H groups in total. The van der Waals surface area contributed by atoms with Crippen molar-refractivity contribution in [1.82, 2.24) is 4.98 Å². The van der Waals surface area contributed by atoms with Gasteiger partial charge in [0.25, 0.3) is 0 Å². The highest BCUT2D eigenvalue weighted by Gasteiger charge is 2.36. The van der Waals surface area contributed by atoms with Crippen molar-refractivity contribution < 1.29 is 13.9 Å². The predicted molar refractivity (Wildman–Crippen MR) is 132 cm³/mol. The molecule has 174 valence electrons. The fourth-order valence-electron chi connectivity index (χ4n) is 4.19. The van der Waals surface area contributed by atoms with Crippen LogP contribution in [0.4, 0.5) is 5.69 Å². The Balaban J connectivity index is 1.80. The van der Waals surface area contributed by atoms with Gasteiger partial charge in [-0.2, -0.15) is 5.26 Å². The van der Waals surface area contributed by atoms with Gasteiger partial charge >= 0.3 is 5.63 Å². The topological polar surface area (TPSA) is 137 Å². The number of aromatic nitrogens is 1. The van der Waals surface area contributed by atoms with Crippen molar-refractivity contribution in [3.05, 3.63) is 91.8 Å². The summed E-state index contributed by atoms with van der Waals surface area (Å²) in [5, 5.41) is 11.0. The summed E-state index contributed by atoms with van der Waals surface area (Å²) in [6.07, 6.45) is 1.52. The first-order valence-electron chi connectivity index (χ1n) is 10.3. The van der Waals surface area contributed by atoms with Crippen molar-refractivity contribution >= 4 is 39.9 Å². The average Bonchev–Trinajstić information content (AvgIpc) is 2.83. The van der Waals surface area contributed by atoms with Gasteiger partial charge in [-0.1, -0.05) is 29.3 Å². The van der Waals surface area contributed by atoms with Crippen molar-refractivity contribution in [2.45, 2.75) is 5.92 Å². The molecule has 0 saturated heterocycles. The fraction of sp³-hybridized carbons (Fsp3) is 0.0800. The number of nitrogen functional groups attached to an aromatic ring is 1. The van der Waals surface area contributed by atoms with E-state index in [0.717, 1.165) is 0 Å². The summed E-state index contributed by atoms with van der Waals surface area (Å²) in [5.74, 6) is -0.313. The van der Waals surface area contributed by atoms with Crippen LogP contribution in [-0.2, 0) is 0 Å². The fourth-order valence-corrected chi connectivity index (χ4v) is 4.66. The van der Waals surface area contributed by atoms with E-state index in [4.69, 9.17) is 48.6 Å². The van der Waals surface area contributed by atoms with Crippen LogP contribution in [0.2, 0.25) is 10.2 Å². The van der Waals surface area contributed by atoms with Crippen LogP contribution in [0.1, 0.15) is 17.0 Å². The Labute approximate surface area is 208 Å². The van der Waals surface area contributed by atoms with Gasteiger partial charge in [0, 0.05) is 23.0 Å². The van der Waals surface area contributed by atoms with Crippen LogP contribution in [0.3, 0.4) is 0 Å². The molecule has 1 aliphatic rings. The summed E-state index contributed by atoms with van der Waals surface area (Å²) in [6, 6.07) is 13.6. The maximum absolute atomic E-state index is 13.2. The molecule has 35 heavy (non-hydrogen) atoms. The standard InChI is InChI=1S/C25H16Cl2N4O4/c1-33-18-4-2-11(6-13(18)16-10-31-20(27)8-17(16)26)21-15(9-28)24(30)35-23-14-7-12(29)3-5-19(14)34-25(32)22(21)23/h2-8,10,21H,29-30H2,1H3. The van der Waals surface area contributed by atoms with Gasteiger partial charge in [0.2, 0.25) is 5.88 Å². The van der Waals surface area contributed by atoms with Gasteiger partial charge in [-0.25, -0.2) is 9.78 Å². The highest BCUT2D eigenvalue weighted by atomic mass is 35.5. The summed E-state index contributed by atoms with van der Waals surface area (Å²) < 4.78 is 16.9. The number of hydrogen-bond donors (Lipinski definition) is 2. The normalized spacial score (nSPS) is 14.9. The molecule has 4 aromatic rings. The van der Waals surface area contributed by atoms with E-state index in [0.29, 0.717) is 38.5 Å². The number of methoxy groups -OCH3 is 1. The second-order valence-electron chi connectivity index (χ2n) is 7.76. The van der Waals surface area contributed by atoms with Crippen molar-refractivity contribution in [2.24, 2.45) is 5.73 Å². The molecule has 2 aromatic carbocycles. The number of benzene rings is 2. The van der Waals surface area contributed by atoms with E-state index in [1.807, 2.05) is 0 Å². The molecular formula is C25H16Cl2N4O4. The predicted octanol–water partition coefficient (Wildman–Crippen LogP) is 4.97. The molecular weight excluding hydrogens is 491 g/mol. The van der Waals surface area contributed by atoms with Crippen LogP contribution in [0.15, 0.2) is 69.3 Å². The van der Waals surface area contributed by atoms with Crippen molar-refractivity contribution in [3.63, 3.8) is 0 Å². The molecule has 0 amide bonds. The van der Waals surface area contributed by atoms with Gasteiger partial charge in [-0.15, -0.1) is 0 Å². The van der Waals surface area contributed by atoms with Gasteiger partial charge in [0.15, 0.2) is 5.75 Å². The number of nitrogens with two attached hydrogens (primary N) is 2. The second-order valence-corrected chi connectivity index (χ2v) is 8.55. The number of anilines is 1. The molecule has 0 fully saturated rings. The molecule has 0 radical (unpaired) electrons. The number of halogens is 2. The second kappa shape index (κ2) is 8.55. The molecule has 1 aliphatic heterocycles. The van der Waals surface area contributed by atoms with E-state index in [9.17, 15) is 10.1 Å². The van der Waals surface area contributed by atoms with Crippen LogP contribution in [0.5, 0.6) is 11.5 Å². The van der Waals surface area contributed by atoms with Crippen LogP contribution < -0.4 is 26.6 Å². The Morgan fingerprint density at radius 1 is 1.11 bits per heavy atom. The van der Waals surface area contributed by atoms with Crippen molar-refractivity contribution in [3.8, 4) is 28.7 Å². The molecule has 5 rings (SSSR count). The highest BCUT2D eigenvalue weighted by molar-refractivity contribution is 6.35. The highest BCUT2D eigenvalue weighted by Crippen LogP contribution is 2.46. The monoisotopic (exact) mass is 506 g/mol. The third-order valence-electron chi connectivity index (χ3n) is 5.76. The van der Waals surface area contributed by atoms with Crippen molar-refractivity contribution in [2.75, 3.05) is 12.8 Å². The minimum absolute atomic E-state index is 0.0597. The molecule has 3 heterocycles. The third-order valence-corrected chi connectivity index (χ3v) is 6.28. The number of hydrogen-bond acceptors (Lipinski definition) is 8. The van der Waals surface area contributed by atoms with E-state index in [2.05, 4.69) is 11.1 Å². The lowest BCUT2D eigenvalue weighted by Crippen LogP contribution is -2.26. The Kier molecular flexibility index (Phi) is 5.52. The van der Waals surface area contributed by atoms with Gasteiger partial charge in [0.05, 0.1) is 29.0 Å². The zero-order valence-electron chi connectivity index (χ0n) is 18.1. The first-order chi connectivity index (χ1) is 16.8. The van der Waals surface area contributed by atoms with E-state index in [1.165, 1.54) is 19.4 Å². The third kappa shape index (κ3) is 3.71. The van der Waals surface area contributed by atoms with Gasteiger partial charge in [-0.05, 0) is 42.0 Å². The molecule has 10 heteroatoms. The number of rotatable bonds is 3. The summed E-state index contributed by atoms with van der Waals surface area (Å²) in [7, 11) is 1.52. The van der Waals surface area contributed by atoms with Gasteiger partial charge in [-0.3, -0.25) is 0 Å². The molecule has 0 aliphatic carbocycles. The lowest BCUT2D eigenvalue weighted by Gasteiger charge is -2.26. The molecule has 0 spiro atoms. The number of nitrogens with zero attached hydrogens (tertiary/aromatic N) is 2. The van der Waals surface area contributed by atoms with Crippen LogP contribution >= 0.6 is 23.2 Å².